The first kappa shape index (κ1) is 25.0. The van der Waals surface area contributed by atoms with Crippen LogP contribution in [0.25, 0.3) is 0 Å². The largest absolute Gasteiger partial charge is 0.401 e. The van der Waals surface area contributed by atoms with Gasteiger partial charge in [0.05, 0.1) is 48.9 Å². The van der Waals surface area contributed by atoms with Gasteiger partial charge in [-0.05, 0) is 38.1 Å². The second-order valence-corrected chi connectivity index (χ2v) is 11.2. The van der Waals surface area contributed by atoms with Crippen molar-refractivity contribution in [1.82, 2.24) is 9.88 Å². The van der Waals surface area contributed by atoms with Crippen molar-refractivity contribution >= 4 is 28.8 Å². The Hall–Kier alpha value is -2.96. The third kappa shape index (κ3) is 4.33. The van der Waals surface area contributed by atoms with Gasteiger partial charge in [-0.3, -0.25) is 9.69 Å². The number of ether oxygens (including phenoxy) is 2. The van der Waals surface area contributed by atoms with Crippen molar-refractivity contribution in [3.05, 3.63) is 41.8 Å². The number of nitrogens with one attached hydrogen (secondary N) is 2. The van der Waals surface area contributed by atoms with Gasteiger partial charge in [0, 0.05) is 42.7 Å². The number of halogens is 4. The SMILES string of the molecule is O=C(C1CCN(CC(F)(F)F)CC1)N1Cc2cccnc2Nc2cc(F)c(NC3COC45CCO[C@@H]4C35)cc21. The van der Waals surface area contributed by atoms with Crippen LogP contribution in [0.2, 0.25) is 0 Å². The Morgan fingerprint density at radius 2 is 2.08 bits per heavy atom. The molecular weight excluding hydrogens is 518 g/mol. The zero-order chi connectivity index (χ0) is 26.9. The first-order chi connectivity index (χ1) is 18.7. The van der Waals surface area contributed by atoms with E-state index in [1.54, 1.807) is 23.2 Å². The lowest BCUT2D eigenvalue weighted by Crippen LogP contribution is -2.45. The number of rotatable bonds is 4. The third-order valence-corrected chi connectivity index (χ3v) is 8.81. The second kappa shape index (κ2) is 9.03. The van der Waals surface area contributed by atoms with E-state index in [9.17, 15) is 18.0 Å². The fourth-order valence-corrected chi connectivity index (χ4v) is 6.86. The fourth-order valence-electron chi connectivity index (χ4n) is 6.86. The molecule has 0 radical (unpaired) electrons. The molecule has 1 aromatic heterocycles. The Bertz CT molecular complexity index is 1300. The smallest absolute Gasteiger partial charge is 0.377 e. The molecule has 12 heteroatoms. The predicted octanol–water partition coefficient (Wildman–Crippen LogP) is 4.05. The van der Waals surface area contributed by atoms with Crippen LogP contribution < -0.4 is 15.5 Å². The van der Waals surface area contributed by atoms with Crippen molar-refractivity contribution < 1.29 is 31.8 Å². The molecular formula is C27H29F4N5O3. The van der Waals surface area contributed by atoms with Gasteiger partial charge in [0.1, 0.15) is 17.2 Å². The van der Waals surface area contributed by atoms with E-state index >= 15 is 4.39 Å². The minimum Gasteiger partial charge on any atom is -0.377 e. The number of hydrogen-bond donors (Lipinski definition) is 2. The zero-order valence-corrected chi connectivity index (χ0v) is 21.1. The van der Waals surface area contributed by atoms with Gasteiger partial charge in [-0.2, -0.15) is 13.2 Å². The van der Waals surface area contributed by atoms with Crippen molar-refractivity contribution in [3.63, 3.8) is 0 Å². The summed E-state index contributed by atoms with van der Waals surface area (Å²) in [6.45, 7) is 0.747. The molecule has 3 saturated heterocycles. The highest BCUT2D eigenvalue weighted by Gasteiger charge is 2.76. The number of carbonyl (C=O) groups excluding carboxylic acids is 1. The van der Waals surface area contributed by atoms with Crippen LogP contribution in [0.15, 0.2) is 30.5 Å². The maximum atomic E-state index is 15.4. The summed E-state index contributed by atoms with van der Waals surface area (Å²) < 4.78 is 65.9. The molecule has 3 unspecified atom stereocenters. The molecule has 8 nitrogen and oxygen atoms in total. The van der Waals surface area contributed by atoms with Crippen molar-refractivity contribution in [2.45, 2.75) is 49.7 Å². The number of pyridine rings is 1. The average molecular weight is 548 g/mol. The van der Waals surface area contributed by atoms with Crippen LogP contribution in [0.1, 0.15) is 24.8 Å². The van der Waals surface area contributed by atoms with E-state index in [-0.39, 0.29) is 54.9 Å². The summed E-state index contributed by atoms with van der Waals surface area (Å²) in [5.41, 5.74) is 1.69. The Morgan fingerprint density at radius 3 is 2.85 bits per heavy atom. The molecule has 7 rings (SSSR count). The number of amides is 1. The number of aromatic nitrogens is 1. The third-order valence-electron chi connectivity index (χ3n) is 8.81. The Kier molecular flexibility index (Phi) is 5.80. The molecule has 208 valence electrons. The van der Waals surface area contributed by atoms with Gasteiger partial charge in [0.25, 0.3) is 0 Å². The van der Waals surface area contributed by atoms with Crippen LogP contribution in [0.5, 0.6) is 0 Å². The summed E-state index contributed by atoms with van der Waals surface area (Å²) in [4.78, 5) is 21.2. The van der Waals surface area contributed by atoms with Crippen molar-refractivity contribution in [3.8, 4) is 0 Å². The van der Waals surface area contributed by atoms with Gasteiger partial charge >= 0.3 is 6.18 Å². The minimum atomic E-state index is -4.27. The van der Waals surface area contributed by atoms with Gasteiger partial charge < -0.3 is 25.0 Å². The first-order valence-corrected chi connectivity index (χ1v) is 13.4. The monoisotopic (exact) mass is 547 g/mol. The van der Waals surface area contributed by atoms with E-state index in [4.69, 9.17) is 9.47 Å². The topological polar surface area (TPSA) is 79.0 Å². The molecule has 1 amide bonds. The van der Waals surface area contributed by atoms with E-state index in [1.165, 1.54) is 11.0 Å². The second-order valence-electron chi connectivity index (χ2n) is 11.2. The van der Waals surface area contributed by atoms with E-state index < -0.39 is 24.5 Å². The van der Waals surface area contributed by atoms with Crippen LogP contribution >= 0.6 is 0 Å². The average Bonchev–Trinajstić information content (AvgIpc) is 3.15. The molecule has 1 aromatic carbocycles. The molecule has 4 fully saturated rings. The molecule has 5 heterocycles. The molecule has 1 spiro atoms. The van der Waals surface area contributed by atoms with E-state index in [0.717, 1.165) is 12.0 Å². The number of likely N-dealkylation sites (tertiary alicyclic amines) is 1. The van der Waals surface area contributed by atoms with Crippen molar-refractivity contribution in [1.29, 1.82) is 0 Å². The molecule has 2 aromatic rings. The van der Waals surface area contributed by atoms with E-state index in [2.05, 4.69) is 15.6 Å². The number of hydrogen-bond acceptors (Lipinski definition) is 7. The maximum absolute atomic E-state index is 15.4. The highest BCUT2D eigenvalue weighted by atomic mass is 19.4. The van der Waals surface area contributed by atoms with Crippen LogP contribution in [0, 0.1) is 17.7 Å². The number of carbonyl (C=O) groups is 1. The van der Waals surface area contributed by atoms with Crippen molar-refractivity contribution in [2.75, 3.05) is 48.4 Å². The highest BCUT2D eigenvalue weighted by molar-refractivity contribution is 6.00. The zero-order valence-electron chi connectivity index (χ0n) is 21.1. The number of fused-ring (bicyclic) bond motifs is 3. The standard InChI is InChI=1S/C27H29F4N5O3/c28-17-10-19-21(11-18(17)33-20-13-39-26-5-9-38-23(26)22(20)26)36(12-16-2-1-6-32-24(16)34-19)25(37)15-3-7-35(8-4-15)14-27(29,30)31/h1-2,6,10-11,15,20,22-23,33H,3-5,7-9,12-14H2,(H,32,34)/t20?,22?,23-,26?/m1/s1. The Labute approximate surface area is 222 Å². The fraction of sp³-hybridized carbons (Fsp3) is 0.556. The lowest BCUT2D eigenvalue weighted by atomic mass is 9.94. The molecule has 1 aliphatic carbocycles. The lowest BCUT2D eigenvalue weighted by Gasteiger charge is -2.34. The Morgan fingerprint density at radius 1 is 1.26 bits per heavy atom. The molecule has 1 saturated carbocycles. The number of nitrogens with zero attached hydrogens (tertiary/aromatic N) is 3. The van der Waals surface area contributed by atoms with Gasteiger partial charge in [0.15, 0.2) is 0 Å². The number of anilines is 4. The van der Waals surface area contributed by atoms with Gasteiger partial charge in [0.2, 0.25) is 5.91 Å². The number of benzene rings is 1. The molecule has 39 heavy (non-hydrogen) atoms. The summed E-state index contributed by atoms with van der Waals surface area (Å²) in [5.74, 6) is -0.402. The number of alkyl halides is 3. The normalized spacial score (nSPS) is 30.1. The minimum absolute atomic E-state index is 0.0381. The molecule has 2 N–H and O–H groups in total. The summed E-state index contributed by atoms with van der Waals surface area (Å²) in [5, 5.41) is 6.49. The van der Waals surface area contributed by atoms with E-state index in [1.807, 2.05) is 6.07 Å². The summed E-state index contributed by atoms with van der Waals surface area (Å²) in [6, 6.07) is 6.52. The number of piperidine rings is 1. The Balaban J connectivity index is 1.16. The predicted molar refractivity (Wildman–Crippen MR) is 134 cm³/mol. The highest BCUT2D eigenvalue weighted by Crippen LogP contribution is 2.61. The molecule has 5 aliphatic rings. The van der Waals surface area contributed by atoms with E-state index in [0.29, 0.717) is 43.2 Å². The summed E-state index contributed by atoms with van der Waals surface area (Å²) in [6.07, 6.45) is -1.12. The molecule has 4 atom stereocenters. The van der Waals surface area contributed by atoms with Gasteiger partial charge in [-0.1, -0.05) is 6.07 Å². The molecule has 0 bridgehead atoms. The van der Waals surface area contributed by atoms with Crippen molar-refractivity contribution in [2.24, 2.45) is 11.8 Å². The van der Waals surface area contributed by atoms with Crippen LogP contribution in [0.3, 0.4) is 0 Å². The van der Waals surface area contributed by atoms with Gasteiger partial charge in [-0.25, -0.2) is 9.37 Å². The van der Waals surface area contributed by atoms with Gasteiger partial charge in [-0.15, -0.1) is 0 Å². The first-order valence-electron chi connectivity index (χ1n) is 13.4. The molecule has 4 aliphatic heterocycles. The lowest BCUT2D eigenvalue weighted by molar-refractivity contribution is -0.149. The summed E-state index contributed by atoms with van der Waals surface area (Å²) in [7, 11) is 0. The maximum Gasteiger partial charge on any atom is 0.401 e. The van der Waals surface area contributed by atoms with Crippen LogP contribution in [-0.4, -0.2) is 72.6 Å². The van der Waals surface area contributed by atoms with Crippen LogP contribution in [0.4, 0.5) is 40.4 Å². The quantitative estimate of drug-likeness (QED) is 0.560. The van der Waals surface area contributed by atoms with Crippen LogP contribution in [-0.2, 0) is 20.8 Å². The summed E-state index contributed by atoms with van der Waals surface area (Å²) >= 11 is 0.